The molecule has 0 aliphatic heterocycles. The highest BCUT2D eigenvalue weighted by Gasteiger charge is 2.19. The number of nitrogens with zero attached hydrogens (tertiary/aromatic N) is 3. The van der Waals surface area contributed by atoms with Crippen LogP contribution < -0.4 is 15.4 Å². The van der Waals surface area contributed by atoms with Crippen molar-refractivity contribution in [3.63, 3.8) is 0 Å². The summed E-state index contributed by atoms with van der Waals surface area (Å²) in [6.45, 7) is 0.518. The monoisotopic (exact) mass is 387 g/mol. The van der Waals surface area contributed by atoms with Crippen LogP contribution in [0.15, 0.2) is 67.1 Å². The van der Waals surface area contributed by atoms with Crippen molar-refractivity contribution in [2.45, 2.75) is 6.54 Å². The Hall–Kier alpha value is -3.87. The maximum absolute atomic E-state index is 12.4. The van der Waals surface area contributed by atoms with Gasteiger partial charge in [0.15, 0.2) is 5.69 Å². The average Bonchev–Trinajstić information content (AvgIpc) is 3.23. The van der Waals surface area contributed by atoms with Gasteiger partial charge in [-0.2, -0.15) is 0 Å². The number of amides is 1. The van der Waals surface area contributed by atoms with Crippen molar-refractivity contribution in [1.82, 2.24) is 19.7 Å². The molecular formula is C22H21N5O2. The van der Waals surface area contributed by atoms with E-state index in [4.69, 9.17) is 4.74 Å². The van der Waals surface area contributed by atoms with Gasteiger partial charge in [0, 0.05) is 30.9 Å². The molecule has 0 saturated heterocycles. The van der Waals surface area contributed by atoms with Gasteiger partial charge >= 0.3 is 0 Å². The zero-order valence-electron chi connectivity index (χ0n) is 16.2. The molecule has 0 bridgehead atoms. The summed E-state index contributed by atoms with van der Waals surface area (Å²) in [6, 6.07) is 17.6. The minimum absolute atomic E-state index is 0.244. The van der Waals surface area contributed by atoms with Gasteiger partial charge in [-0.3, -0.25) is 9.20 Å². The van der Waals surface area contributed by atoms with Crippen molar-refractivity contribution in [2.24, 2.45) is 0 Å². The van der Waals surface area contributed by atoms with Gasteiger partial charge in [0.1, 0.15) is 12.1 Å². The third-order valence-electron chi connectivity index (χ3n) is 4.72. The second kappa shape index (κ2) is 8.02. The molecule has 0 saturated carbocycles. The molecular weight excluding hydrogens is 366 g/mol. The molecule has 0 spiro atoms. The first kappa shape index (κ1) is 18.5. The van der Waals surface area contributed by atoms with Crippen LogP contribution >= 0.6 is 0 Å². The Labute approximate surface area is 168 Å². The van der Waals surface area contributed by atoms with E-state index in [1.807, 2.05) is 59.0 Å². The van der Waals surface area contributed by atoms with E-state index in [1.165, 1.54) is 0 Å². The average molecular weight is 387 g/mol. The minimum Gasteiger partial charge on any atom is -0.496 e. The summed E-state index contributed by atoms with van der Waals surface area (Å²) in [4.78, 5) is 21.3. The lowest BCUT2D eigenvalue weighted by Crippen LogP contribution is -2.19. The number of ether oxygens (including phenoxy) is 1. The molecule has 2 aromatic heterocycles. The standard InChI is InChI=1S/C22H21N5O2/c1-23-21(28)19-20-17(15-8-4-3-5-9-15)13-25-22(27(20)14-26-19)24-12-16-10-6-7-11-18(16)29-2/h3-11,13-14H,12H2,1-2H3,(H,23,28)(H,24,25). The second-order valence-electron chi connectivity index (χ2n) is 6.42. The van der Waals surface area contributed by atoms with E-state index < -0.39 is 0 Å². The molecule has 0 aliphatic rings. The fourth-order valence-electron chi connectivity index (χ4n) is 3.28. The third-order valence-corrected chi connectivity index (χ3v) is 4.72. The van der Waals surface area contributed by atoms with Gasteiger partial charge in [-0.15, -0.1) is 0 Å². The van der Waals surface area contributed by atoms with Gasteiger partial charge in [-0.05, 0) is 11.6 Å². The van der Waals surface area contributed by atoms with Gasteiger partial charge in [-0.25, -0.2) is 9.97 Å². The summed E-state index contributed by atoms with van der Waals surface area (Å²) in [7, 11) is 3.24. The molecule has 0 fully saturated rings. The smallest absolute Gasteiger partial charge is 0.271 e. The quantitative estimate of drug-likeness (QED) is 0.530. The van der Waals surface area contributed by atoms with Gasteiger partial charge < -0.3 is 15.4 Å². The molecule has 146 valence electrons. The molecule has 2 heterocycles. The van der Waals surface area contributed by atoms with E-state index in [0.29, 0.717) is 23.7 Å². The fraction of sp³-hybridized carbons (Fsp3) is 0.136. The Morgan fingerprint density at radius 1 is 1.07 bits per heavy atom. The van der Waals surface area contributed by atoms with Crippen LogP contribution in [0.25, 0.3) is 16.6 Å². The Kier molecular flexibility index (Phi) is 5.11. The zero-order chi connectivity index (χ0) is 20.2. The van der Waals surface area contributed by atoms with E-state index in [0.717, 1.165) is 22.4 Å². The van der Waals surface area contributed by atoms with Crippen LogP contribution in [0.1, 0.15) is 16.1 Å². The van der Waals surface area contributed by atoms with Crippen molar-refractivity contribution in [3.05, 3.63) is 78.4 Å². The lowest BCUT2D eigenvalue weighted by Gasteiger charge is -2.13. The highest BCUT2D eigenvalue weighted by molar-refractivity contribution is 6.03. The minimum atomic E-state index is -0.244. The number of hydrogen-bond acceptors (Lipinski definition) is 5. The highest BCUT2D eigenvalue weighted by Crippen LogP contribution is 2.28. The number of carbonyl (C=O) groups excluding carboxylic acids is 1. The lowest BCUT2D eigenvalue weighted by molar-refractivity contribution is 0.0960. The second-order valence-corrected chi connectivity index (χ2v) is 6.42. The summed E-state index contributed by atoms with van der Waals surface area (Å²) in [5, 5.41) is 5.99. The first-order valence-corrected chi connectivity index (χ1v) is 9.22. The molecule has 7 heteroatoms. The van der Waals surface area contributed by atoms with Crippen molar-refractivity contribution >= 4 is 17.4 Å². The number of para-hydroxylation sites is 1. The van der Waals surface area contributed by atoms with E-state index in [2.05, 4.69) is 20.6 Å². The van der Waals surface area contributed by atoms with Crippen molar-refractivity contribution in [2.75, 3.05) is 19.5 Å². The molecule has 2 N–H and O–H groups in total. The molecule has 0 unspecified atom stereocenters. The number of carbonyl (C=O) groups is 1. The van der Waals surface area contributed by atoms with Gasteiger partial charge in [0.2, 0.25) is 5.95 Å². The van der Waals surface area contributed by atoms with Crippen molar-refractivity contribution in [1.29, 1.82) is 0 Å². The Morgan fingerprint density at radius 3 is 2.59 bits per heavy atom. The van der Waals surface area contributed by atoms with Crippen LogP contribution in [0.2, 0.25) is 0 Å². The predicted molar refractivity (Wildman–Crippen MR) is 112 cm³/mol. The van der Waals surface area contributed by atoms with Crippen LogP contribution in [0, 0.1) is 0 Å². The number of hydrogen-bond donors (Lipinski definition) is 2. The highest BCUT2D eigenvalue weighted by atomic mass is 16.5. The largest absolute Gasteiger partial charge is 0.496 e. The van der Waals surface area contributed by atoms with E-state index >= 15 is 0 Å². The topological polar surface area (TPSA) is 80.6 Å². The molecule has 4 rings (SSSR count). The number of anilines is 1. The van der Waals surface area contributed by atoms with Crippen molar-refractivity contribution in [3.8, 4) is 16.9 Å². The molecule has 0 atom stereocenters. The number of nitrogens with one attached hydrogen (secondary N) is 2. The first-order chi connectivity index (χ1) is 14.2. The normalized spacial score (nSPS) is 10.7. The summed E-state index contributed by atoms with van der Waals surface area (Å²) >= 11 is 0. The van der Waals surface area contributed by atoms with Crippen LogP contribution in [-0.4, -0.2) is 34.4 Å². The Morgan fingerprint density at radius 2 is 1.83 bits per heavy atom. The molecule has 29 heavy (non-hydrogen) atoms. The molecule has 2 aromatic carbocycles. The number of rotatable bonds is 6. The summed E-state index contributed by atoms with van der Waals surface area (Å²) in [5.41, 5.74) is 3.86. The first-order valence-electron chi connectivity index (χ1n) is 9.22. The molecule has 0 radical (unpaired) electrons. The SMILES string of the molecule is CNC(=O)c1ncn2c(NCc3ccccc3OC)ncc(-c3ccccc3)c12. The third kappa shape index (κ3) is 3.50. The van der Waals surface area contributed by atoms with Crippen LogP contribution in [-0.2, 0) is 6.54 Å². The van der Waals surface area contributed by atoms with E-state index in [-0.39, 0.29) is 5.91 Å². The maximum atomic E-state index is 12.4. The number of aromatic nitrogens is 3. The Balaban J connectivity index is 1.78. The Bertz CT molecular complexity index is 1150. The van der Waals surface area contributed by atoms with Crippen molar-refractivity contribution < 1.29 is 9.53 Å². The van der Waals surface area contributed by atoms with E-state index in [9.17, 15) is 4.79 Å². The molecule has 7 nitrogen and oxygen atoms in total. The summed E-state index contributed by atoms with van der Waals surface area (Å²) in [6.07, 6.45) is 3.38. The predicted octanol–water partition coefficient (Wildman–Crippen LogP) is 3.38. The number of fused-ring (bicyclic) bond motifs is 1. The molecule has 0 aliphatic carbocycles. The van der Waals surface area contributed by atoms with Crippen LogP contribution in [0.4, 0.5) is 5.95 Å². The molecule has 4 aromatic rings. The van der Waals surface area contributed by atoms with E-state index in [1.54, 1.807) is 26.7 Å². The maximum Gasteiger partial charge on any atom is 0.271 e. The number of benzene rings is 2. The fourth-order valence-corrected chi connectivity index (χ4v) is 3.28. The lowest BCUT2D eigenvalue weighted by atomic mass is 10.1. The van der Waals surface area contributed by atoms with Crippen LogP contribution in [0.3, 0.4) is 0 Å². The number of imidazole rings is 1. The van der Waals surface area contributed by atoms with Gasteiger partial charge in [0.05, 0.1) is 12.6 Å². The summed E-state index contributed by atoms with van der Waals surface area (Å²) < 4.78 is 7.22. The van der Waals surface area contributed by atoms with Gasteiger partial charge in [0.25, 0.3) is 5.91 Å². The van der Waals surface area contributed by atoms with Crippen LogP contribution in [0.5, 0.6) is 5.75 Å². The summed E-state index contributed by atoms with van der Waals surface area (Å²) in [5.74, 6) is 1.15. The zero-order valence-corrected chi connectivity index (χ0v) is 16.2. The van der Waals surface area contributed by atoms with Gasteiger partial charge in [-0.1, -0.05) is 48.5 Å². The molecule has 1 amide bonds. The number of methoxy groups -OCH3 is 1.